The molecule has 0 radical (unpaired) electrons. The van der Waals surface area contributed by atoms with Crippen LogP contribution in [0, 0.1) is 6.92 Å². The molecule has 1 aromatic carbocycles. The van der Waals surface area contributed by atoms with Gasteiger partial charge in [0.05, 0.1) is 11.6 Å². The molecule has 0 bridgehead atoms. The molecule has 1 amide bonds. The Morgan fingerprint density at radius 1 is 1.53 bits per heavy atom. The molecule has 100 valence electrons. The summed E-state index contributed by atoms with van der Waals surface area (Å²) in [5.74, 6) is -0.0751. The summed E-state index contributed by atoms with van der Waals surface area (Å²) in [4.78, 5) is 16.5. The highest BCUT2D eigenvalue weighted by Crippen LogP contribution is 2.22. The molecule has 0 aliphatic heterocycles. The number of aryl methyl sites for hydroxylation is 1. The van der Waals surface area contributed by atoms with Crippen LogP contribution in [0.5, 0.6) is 0 Å². The first kappa shape index (κ1) is 14.2. The fourth-order valence-electron chi connectivity index (χ4n) is 1.79. The number of nitrogens with zero attached hydrogens (tertiary/aromatic N) is 1. The molecule has 0 saturated heterocycles. The maximum Gasteiger partial charge on any atom is 0.252 e. The zero-order valence-corrected chi connectivity index (χ0v) is 13.2. The zero-order valence-electron chi connectivity index (χ0n) is 10.8. The molecule has 19 heavy (non-hydrogen) atoms. The molecule has 1 unspecified atom stereocenters. The van der Waals surface area contributed by atoms with Crippen LogP contribution in [0.25, 0.3) is 0 Å². The number of nitrogens with one attached hydrogen (secondary N) is 1. The quantitative estimate of drug-likeness (QED) is 0.911. The summed E-state index contributed by atoms with van der Waals surface area (Å²) >= 11 is 5.00. The summed E-state index contributed by atoms with van der Waals surface area (Å²) in [6.07, 6.45) is 2.58. The van der Waals surface area contributed by atoms with Gasteiger partial charge in [0, 0.05) is 16.0 Å². The Hall–Kier alpha value is -1.20. The average Bonchev–Trinajstić information content (AvgIpc) is 2.89. The summed E-state index contributed by atoms with van der Waals surface area (Å²) in [6, 6.07) is 5.69. The highest BCUT2D eigenvalue weighted by Gasteiger charge is 2.17. The third kappa shape index (κ3) is 3.42. The fourth-order valence-corrected chi connectivity index (χ4v) is 3.23. The van der Waals surface area contributed by atoms with Crippen LogP contribution in [-0.4, -0.2) is 10.9 Å². The lowest BCUT2D eigenvalue weighted by Gasteiger charge is -2.15. The Morgan fingerprint density at radius 3 is 2.89 bits per heavy atom. The molecule has 1 heterocycles. The molecular weight excluding hydrogens is 324 g/mol. The van der Waals surface area contributed by atoms with Crippen molar-refractivity contribution in [2.75, 3.05) is 0 Å². The van der Waals surface area contributed by atoms with Gasteiger partial charge in [-0.2, -0.15) is 0 Å². The molecule has 1 atom stereocenters. The van der Waals surface area contributed by atoms with Crippen molar-refractivity contribution in [3.8, 4) is 0 Å². The third-order valence-electron chi connectivity index (χ3n) is 2.83. The molecule has 0 spiro atoms. The lowest BCUT2D eigenvalue weighted by Crippen LogP contribution is -2.28. The lowest BCUT2D eigenvalue weighted by atomic mass is 10.1. The largest absolute Gasteiger partial charge is 0.343 e. The number of halogens is 1. The number of hydrogen-bond acceptors (Lipinski definition) is 3. The van der Waals surface area contributed by atoms with Crippen LogP contribution in [0.15, 0.2) is 34.2 Å². The van der Waals surface area contributed by atoms with E-state index in [2.05, 4.69) is 26.2 Å². The predicted molar refractivity (Wildman–Crippen MR) is 81.5 cm³/mol. The molecule has 0 aliphatic rings. The van der Waals surface area contributed by atoms with Gasteiger partial charge in [0.25, 0.3) is 5.91 Å². The first-order valence-electron chi connectivity index (χ1n) is 6.08. The summed E-state index contributed by atoms with van der Waals surface area (Å²) < 4.78 is 0.819. The van der Waals surface area contributed by atoms with Crippen LogP contribution in [0.4, 0.5) is 0 Å². The molecule has 0 aliphatic carbocycles. The Balaban J connectivity index is 2.16. The summed E-state index contributed by atoms with van der Waals surface area (Å²) in [7, 11) is 0. The average molecular weight is 339 g/mol. The van der Waals surface area contributed by atoms with Gasteiger partial charge in [-0.25, -0.2) is 4.98 Å². The Morgan fingerprint density at radius 2 is 2.32 bits per heavy atom. The van der Waals surface area contributed by atoms with E-state index in [0.29, 0.717) is 5.56 Å². The van der Waals surface area contributed by atoms with E-state index in [0.717, 1.165) is 21.5 Å². The van der Waals surface area contributed by atoms with Crippen LogP contribution in [0.1, 0.15) is 40.3 Å². The van der Waals surface area contributed by atoms with Crippen molar-refractivity contribution in [1.82, 2.24) is 10.3 Å². The van der Waals surface area contributed by atoms with E-state index < -0.39 is 0 Å². The van der Waals surface area contributed by atoms with Gasteiger partial charge < -0.3 is 5.32 Å². The second-order valence-corrected chi connectivity index (χ2v) is 6.07. The lowest BCUT2D eigenvalue weighted by molar-refractivity contribution is 0.0934. The summed E-state index contributed by atoms with van der Waals surface area (Å²) in [5.41, 5.74) is 1.77. The third-order valence-corrected chi connectivity index (χ3v) is 4.38. The molecular formula is C14H15BrN2OS. The minimum absolute atomic E-state index is 0.0271. The fraction of sp³-hybridized carbons (Fsp3) is 0.286. The summed E-state index contributed by atoms with van der Waals surface area (Å²) in [6.45, 7) is 4.04. The molecule has 2 rings (SSSR count). The van der Waals surface area contributed by atoms with Crippen molar-refractivity contribution in [1.29, 1.82) is 0 Å². The number of rotatable bonds is 4. The van der Waals surface area contributed by atoms with E-state index in [1.54, 1.807) is 17.5 Å². The van der Waals surface area contributed by atoms with Crippen LogP contribution in [-0.2, 0) is 0 Å². The number of benzene rings is 1. The smallest absolute Gasteiger partial charge is 0.252 e. The number of thiazole rings is 1. The van der Waals surface area contributed by atoms with Crippen molar-refractivity contribution in [3.63, 3.8) is 0 Å². The van der Waals surface area contributed by atoms with E-state index in [1.807, 2.05) is 37.4 Å². The molecule has 1 aromatic heterocycles. The van der Waals surface area contributed by atoms with Gasteiger partial charge in [0.1, 0.15) is 5.01 Å². The monoisotopic (exact) mass is 338 g/mol. The van der Waals surface area contributed by atoms with Crippen LogP contribution >= 0.6 is 27.3 Å². The van der Waals surface area contributed by atoms with Crippen LogP contribution < -0.4 is 5.32 Å². The van der Waals surface area contributed by atoms with Crippen LogP contribution in [0.3, 0.4) is 0 Å². The van der Waals surface area contributed by atoms with Gasteiger partial charge in [-0.15, -0.1) is 11.3 Å². The summed E-state index contributed by atoms with van der Waals surface area (Å²) in [5, 5.41) is 5.89. The van der Waals surface area contributed by atoms with E-state index in [1.165, 1.54) is 0 Å². The Bertz CT molecular complexity index is 569. The van der Waals surface area contributed by atoms with Crippen LogP contribution in [0.2, 0.25) is 0 Å². The zero-order chi connectivity index (χ0) is 13.8. The normalized spacial score (nSPS) is 12.2. The maximum absolute atomic E-state index is 12.3. The number of hydrogen-bond donors (Lipinski definition) is 1. The number of carbonyl (C=O) groups excluding carboxylic acids is 1. The van der Waals surface area contributed by atoms with Gasteiger partial charge in [-0.3, -0.25) is 4.79 Å². The van der Waals surface area contributed by atoms with E-state index in [9.17, 15) is 4.79 Å². The van der Waals surface area contributed by atoms with E-state index in [-0.39, 0.29) is 11.9 Å². The predicted octanol–water partition coefficient (Wildman–Crippen LogP) is 4.10. The first-order chi connectivity index (χ1) is 9.11. The Kier molecular flexibility index (Phi) is 4.71. The maximum atomic E-state index is 12.3. The minimum atomic E-state index is -0.0751. The standard InChI is InChI=1S/C14H15BrN2OS/c1-3-12(14-16-6-7-19-14)17-13(18)10-5-4-9(2)8-11(10)15/h4-8,12H,3H2,1-2H3,(H,17,18). The molecule has 0 saturated carbocycles. The van der Waals surface area contributed by atoms with Crippen molar-refractivity contribution in [2.24, 2.45) is 0 Å². The van der Waals surface area contributed by atoms with Gasteiger partial charge in [-0.1, -0.05) is 13.0 Å². The van der Waals surface area contributed by atoms with E-state index in [4.69, 9.17) is 0 Å². The van der Waals surface area contributed by atoms with Crippen molar-refractivity contribution >= 4 is 33.2 Å². The Labute approximate surface area is 125 Å². The molecule has 1 N–H and O–H groups in total. The molecule has 5 heteroatoms. The van der Waals surface area contributed by atoms with Crippen molar-refractivity contribution in [2.45, 2.75) is 26.3 Å². The van der Waals surface area contributed by atoms with Gasteiger partial charge in [0.15, 0.2) is 0 Å². The highest BCUT2D eigenvalue weighted by molar-refractivity contribution is 9.10. The SMILES string of the molecule is CCC(NC(=O)c1ccc(C)cc1Br)c1nccs1. The first-order valence-corrected chi connectivity index (χ1v) is 7.75. The highest BCUT2D eigenvalue weighted by atomic mass is 79.9. The van der Waals surface area contributed by atoms with E-state index >= 15 is 0 Å². The second kappa shape index (κ2) is 6.30. The number of carbonyl (C=O) groups is 1. The molecule has 3 nitrogen and oxygen atoms in total. The minimum Gasteiger partial charge on any atom is -0.343 e. The van der Waals surface area contributed by atoms with Gasteiger partial charge in [0.2, 0.25) is 0 Å². The number of aromatic nitrogens is 1. The molecule has 0 fully saturated rings. The topological polar surface area (TPSA) is 42.0 Å². The van der Waals surface area contributed by atoms with Gasteiger partial charge >= 0.3 is 0 Å². The number of amides is 1. The van der Waals surface area contributed by atoms with Crippen molar-refractivity contribution < 1.29 is 4.79 Å². The molecule has 2 aromatic rings. The van der Waals surface area contributed by atoms with Crippen molar-refractivity contribution in [3.05, 3.63) is 50.4 Å². The van der Waals surface area contributed by atoms with Gasteiger partial charge in [-0.05, 0) is 47.0 Å². The second-order valence-electron chi connectivity index (χ2n) is 4.29.